The Hall–Kier alpha value is -2.15. The second-order valence-corrected chi connectivity index (χ2v) is 2.51. The van der Waals surface area contributed by atoms with Gasteiger partial charge in [0, 0.05) is 6.08 Å². The summed E-state index contributed by atoms with van der Waals surface area (Å²) >= 11 is 0. The van der Waals surface area contributed by atoms with Crippen LogP contribution in [0.1, 0.15) is 5.56 Å². The molecule has 0 spiro atoms. The molecule has 0 aromatic heterocycles. The molecule has 3 nitrogen and oxygen atoms in total. The van der Waals surface area contributed by atoms with E-state index < -0.39 is 11.8 Å². The second kappa shape index (κ2) is 4.19. The molecule has 0 aliphatic rings. The largest absolute Gasteiger partial charge is 0.478 e. The highest BCUT2D eigenvalue weighted by atomic mass is 19.1. The Balaban J connectivity index is 3.09. The third-order valence-corrected chi connectivity index (χ3v) is 1.54. The van der Waals surface area contributed by atoms with Crippen molar-refractivity contribution in [3.05, 3.63) is 41.7 Å². The molecule has 0 atom stereocenters. The van der Waals surface area contributed by atoms with E-state index in [2.05, 4.69) is 0 Å². The summed E-state index contributed by atoms with van der Waals surface area (Å²) in [6, 6.07) is 6.77. The Labute approximate surface area is 79.7 Å². The van der Waals surface area contributed by atoms with Crippen molar-refractivity contribution >= 4 is 11.5 Å². The number of carboxylic acids is 1. The molecular weight excluding hydrogens is 185 g/mol. The van der Waals surface area contributed by atoms with Crippen molar-refractivity contribution < 1.29 is 14.3 Å². The summed E-state index contributed by atoms with van der Waals surface area (Å²) in [7, 11) is 0. The Morgan fingerprint density at radius 2 is 2.00 bits per heavy atom. The molecule has 0 aliphatic heterocycles. The average Bonchev–Trinajstić information content (AvgIpc) is 2.15. The molecule has 0 fully saturated rings. The minimum Gasteiger partial charge on any atom is -0.478 e. The van der Waals surface area contributed by atoms with Gasteiger partial charge in [0.1, 0.15) is 11.9 Å². The number of allylic oxidation sites excluding steroid dienone is 1. The third-order valence-electron chi connectivity index (χ3n) is 1.54. The highest BCUT2D eigenvalue weighted by Gasteiger charge is 2.02. The van der Waals surface area contributed by atoms with Gasteiger partial charge in [0.15, 0.2) is 0 Å². The summed E-state index contributed by atoms with van der Waals surface area (Å²) in [5.41, 5.74) is 0.383. The van der Waals surface area contributed by atoms with Gasteiger partial charge in [0.2, 0.25) is 0 Å². The summed E-state index contributed by atoms with van der Waals surface area (Å²) in [6.45, 7) is 0. The molecule has 0 aliphatic carbocycles. The predicted octanol–water partition coefficient (Wildman–Crippen LogP) is 1.82. The maximum Gasteiger partial charge on any atom is 0.329 e. The zero-order valence-electron chi connectivity index (χ0n) is 7.07. The molecule has 0 bridgehead atoms. The lowest BCUT2D eigenvalue weighted by molar-refractivity contribution is -0.131. The Bertz CT molecular complexity index is 415. The van der Waals surface area contributed by atoms with Crippen molar-refractivity contribution in [2.75, 3.05) is 0 Å². The Morgan fingerprint density at radius 1 is 1.43 bits per heavy atom. The average molecular weight is 191 g/mol. The van der Waals surface area contributed by atoms with Crippen molar-refractivity contribution in [2.24, 2.45) is 0 Å². The fourth-order valence-corrected chi connectivity index (χ4v) is 0.933. The van der Waals surface area contributed by atoms with Crippen molar-refractivity contribution in [1.82, 2.24) is 0 Å². The first-order chi connectivity index (χ1) is 6.63. The second-order valence-electron chi connectivity index (χ2n) is 2.51. The van der Waals surface area contributed by atoms with Crippen LogP contribution >= 0.6 is 0 Å². The maximum absolute atomic E-state index is 12.5. The first-order valence-corrected chi connectivity index (χ1v) is 3.74. The van der Waals surface area contributed by atoms with Crippen LogP contribution < -0.4 is 0 Å². The van der Waals surface area contributed by atoms with Gasteiger partial charge in [-0.25, -0.2) is 9.18 Å². The number of carboxylic acid groups (broad SMARTS) is 1. The van der Waals surface area contributed by atoms with E-state index >= 15 is 0 Å². The SMILES string of the molecule is N#C/C(=C/C(=O)O)c1ccc(F)cc1. The highest BCUT2D eigenvalue weighted by molar-refractivity contribution is 5.94. The van der Waals surface area contributed by atoms with Crippen LogP contribution in [-0.2, 0) is 4.79 Å². The lowest BCUT2D eigenvalue weighted by Crippen LogP contribution is -1.91. The fraction of sp³-hybridized carbons (Fsp3) is 0. The first-order valence-electron chi connectivity index (χ1n) is 3.74. The van der Waals surface area contributed by atoms with Crippen LogP contribution in [0.25, 0.3) is 5.57 Å². The van der Waals surface area contributed by atoms with Crippen LogP contribution in [0.15, 0.2) is 30.3 Å². The zero-order chi connectivity index (χ0) is 10.6. The van der Waals surface area contributed by atoms with E-state index in [-0.39, 0.29) is 5.57 Å². The van der Waals surface area contributed by atoms with Crippen LogP contribution in [0.5, 0.6) is 0 Å². The molecule has 0 saturated carbocycles. The molecule has 0 radical (unpaired) electrons. The quantitative estimate of drug-likeness (QED) is 0.572. The van der Waals surface area contributed by atoms with Gasteiger partial charge >= 0.3 is 5.97 Å². The number of benzene rings is 1. The number of carbonyl (C=O) groups is 1. The number of nitrogens with zero attached hydrogens (tertiary/aromatic N) is 1. The molecule has 0 unspecified atom stereocenters. The van der Waals surface area contributed by atoms with E-state index in [0.717, 1.165) is 6.08 Å². The monoisotopic (exact) mass is 191 g/mol. The van der Waals surface area contributed by atoms with Crippen molar-refractivity contribution in [1.29, 1.82) is 5.26 Å². The Morgan fingerprint density at radius 3 is 2.43 bits per heavy atom. The molecule has 0 amide bonds. The van der Waals surface area contributed by atoms with Gasteiger partial charge in [-0.3, -0.25) is 0 Å². The molecule has 1 aromatic carbocycles. The number of nitriles is 1. The van der Waals surface area contributed by atoms with Crippen LogP contribution in [0.4, 0.5) is 4.39 Å². The van der Waals surface area contributed by atoms with Gasteiger partial charge in [-0.2, -0.15) is 5.26 Å². The van der Waals surface area contributed by atoms with Gasteiger partial charge in [0.25, 0.3) is 0 Å². The molecule has 0 heterocycles. The maximum atomic E-state index is 12.5. The van der Waals surface area contributed by atoms with Gasteiger partial charge in [-0.15, -0.1) is 0 Å². The lowest BCUT2D eigenvalue weighted by atomic mass is 10.1. The first kappa shape index (κ1) is 9.93. The molecule has 1 aromatic rings. The van der Waals surface area contributed by atoms with Gasteiger partial charge in [0.05, 0.1) is 5.57 Å². The van der Waals surface area contributed by atoms with Crippen LogP contribution in [0.2, 0.25) is 0 Å². The number of hydrogen-bond donors (Lipinski definition) is 1. The van der Waals surface area contributed by atoms with Crippen molar-refractivity contribution in [2.45, 2.75) is 0 Å². The molecule has 0 saturated heterocycles. The summed E-state index contributed by atoms with van der Waals surface area (Å²) < 4.78 is 12.5. The molecular formula is C10H6FNO2. The topological polar surface area (TPSA) is 61.1 Å². The number of halogens is 1. The van der Waals surface area contributed by atoms with E-state index in [1.54, 1.807) is 6.07 Å². The van der Waals surface area contributed by atoms with E-state index in [4.69, 9.17) is 10.4 Å². The van der Waals surface area contributed by atoms with Crippen LogP contribution in [0, 0.1) is 17.1 Å². The van der Waals surface area contributed by atoms with Crippen molar-refractivity contribution in [3.8, 4) is 6.07 Å². The normalized spacial score (nSPS) is 10.7. The van der Waals surface area contributed by atoms with E-state index in [0.29, 0.717) is 5.56 Å². The standard InChI is InChI=1S/C10H6FNO2/c11-9-3-1-7(2-4-9)8(6-12)5-10(13)14/h1-5H,(H,13,14)/b8-5-. The van der Waals surface area contributed by atoms with Gasteiger partial charge < -0.3 is 5.11 Å². The molecule has 4 heteroatoms. The van der Waals surface area contributed by atoms with Crippen LogP contribution in [0.3, 0.4) is 0 Å². The molecule has 70 valence electrons. The summed E-state index contributed by atoms with van der Waals surface area (Å²) in [6.07, 6.45) is 0.785. The van der Waals surface area contributed by atoms with Crippen LogP contribution in [-0.4, -0.2) is 11.1 Å². The smallest absolute Gasteiger partial charge is 0.329 e. The molecule has 1 rings (SSSR count). The minimum atomic E-state index is -1.20. The van der Waals surface area contributed by atoms with E-state index in [1.165, 1.54) is 24.3 Å². The fourth-order valence-electron chi connectivity index (χ4n) is 0.933. The highest BCUT2D eigenvalue weighted by Crippen LogP contribution is 2.13. The summed E-state index contributed by atoms with van der Waals surface area (Å²) in [5, 5.41) is 17.1. The lowest BCUT2D eigenvalue weighted by Gasteiger charge is -1.96. The van der Waals surface area contributed by atoms with Crippen molar-refractivity contribution in [3.63, 3.8) is 0 Å². The Kier molecular flexibility index (Phi) is 2.97. The predicted molar refractivity (Wildman–Crippen MR) is 47.6 cm³/mol. The third kappa shape index (κ3) is 2.42. The van der Waals surface area contributed by atoms with Gasteiger partial charge in [-0.05, 0) is 17.7 Å². The van der Waals surface area contributed by atoms with Gasteiger partial charge in [-0.1, -0.05) is 12.1 Å². The number of aliphatic carboxylic acids is 1. The molecule has 1 N–H and O–H groups in total. The van der Waals surface area contributed by atoms with E-state index in [9.17, 15) is 9.18 Å². The molecule has 14 heavy (non-hydrogen) atoms. The minimum absolute atomic E-state index is 0.00231. The number of rotatable bonds is 2. The number of hydrogen-bond acceptors (Lipinski definition) is 2. The summed E-state index contributed by atoms with van der Waals surface area (Å²) in [4.78, 5) is 10.3. The zero-order valence-corrected chi connectivity index (χ0v) is 7.07. The summed E-state index contributed by atoms with van der Waals surface area (Å²) in [5.74, 6) is -1.63. The van der Waals surface area contributed by atoms with E-state index in [1.807, 2.05) is 0 Å².